The number of anilines is 1. The van der Waals surface area contributed by atoms with Crippen LogP contribution in [0.15, 0.2) is 48.5 Å². The van der Waals surface area contributed by atoms with Crippen LogP contribution in [0.3, 0.4) is 0 Å². The number of carbonyl (C=O) groups is 1. The molecule has 2 aromatic carbocycles. The minimum Gasteiger partial charge on any atom is -0.504 e. The van der Waals surface area contributed by atoms with Crippen molar-refractivity contribution in [2.24, 2.45) is 0 Å². The molecule has 4 heteroatoms. The van der Waals surface area contributed by atoms with Gasteiger partial charge in [-0.05, 0) is 42.2 Å². The molecule has 0 saturated carbocycles. The Kier molecular flexibility index (Phi) is 6.43. The third kappa shape index (κ3) is 5.16. The number of aromatic hydroxyl groups is 2. The second-order valence-corrected chi connectivity index (χ2v) is 5.69. The fraction of sp³-hybridized carbons (Fsp3) is 0.250. The number of amides is 1. The Labute approximate surface area is 142 Å². The number of aryl methyl sites for hydroxylation is 1. The van der Waals surface area contributed by atoms with Crippen molar-refractivity contribution in [3.05, 3.63) is 59.7 Å². The lowest BCUT2D eigenvalue weighted by Gasteiger charge is -2.06. The highest BCUT2D eigenvalue weighted by Gasteiger charge is 2.07. The number of carbonyl (C=O) groups excluding carboxylic acids is 1. The second kappa shape index (κ2) is 8.77. The van der Waals surface area contributed by atoms with Crippen LogP contribution in [0.5, 0.6) is 11.5 Å². The molecular formula is C20H23NO3. The van der Waals surface area contributed by atoms with E-state index >= 15 is 0 Å². The summed E-state index contributed by atoms with van der Waals surface area (Å²) in [4.78, 5) is 11.9. The molecule has 0 aliphatic carbocycles. The third-order valence-corrected chi connectivity index (χ3v) is 3.75. The SMILES string of the molecule is CCCCCc1ccc(C=CC(=O)Nc2cccc(O)c2O)cc1. The molecule has 0 atom stereocenters. The van der Waals surface area contributed by atoms with Crippen LogP contribution in [-0.2, 0) is 11.2 Å². The number of para-hydroxylation sites is 1. The molecule has 4 nitrogen and oxygen atoms in total. The summed E-state index contributed by atoms with van der Waals surface area (Å²) in [5.41, 5.74) is 2.41. The summed E-state index contributed by atoms with van der Waals surface area (Å²) < 4.78 is 0. The molecular weight excluding hydrogens is 302 g/mol. The molecule has 3 N–H and O–H groups in total. The second-order valence-electron chi connectivity index (χ2n) is 5.69. The molecule has 0 bridgehead atoms. The predicted molar refractivity (Wildman–Crippen MR) is 97.1 cm³/mol. The van der Waals surface area contributed by atoms with Crippen LogP contribution < -0.4 is 5.32 Å². The van der Waals surface area contributed by atoms with E-state index in [-0.39, 0.29) is 23.1 Å². The van der Waals surface area contributed by atoms with Gasteiger partial charge < -0.3 is 15.5 Å². The Morgan fingerprint density at radius 2 is 1.83 bits per heavy atom. The minimum absolute atomic E-state index is 0.177. The van der Waals surface area contributed by atoms with E-state index in [9.17, 15) is 15.0 Å². The summed E-state index contributed by atoms with van der Waals surface area (Å²) in [6.45, 7) is 2.19. The Balaban J connectivity index is 1.92. The highest BCUT2D eigenvalue weighted by molar-refractivity contribution is 6.02. The van der Waals surface area contributed by atoms with Crippen LogP contribution >= 0.6 is 0 Å². The molecule has 0 fully saturated rings. The molecule has 0 aromatic heterocycles. The van der Waals surface area contributed by atoms with Gasteiger partial charge >= 0.3 is 0 Å². The number of nitrogens with one attached hydrogen (secondary N) is 1. The van der Waals surface area contributed by atoms with Gasteiger partial charge in [-0.15, -0.1) is 0 Å². The van der Waals surface area contributed by atoms with Gasteiger partial charge in [0, 0.05) is 6.08 Å². The first-order valence-electron chi connectivity index (χ1n) is 8.19. The maximum absolute atomic E-state index is 11.9. The number of benzene rings is 2. The zero-order valence-corrected chi connectivity index (χ0v) is 13.8. The van der Waals surface area contributed by atoms with Gasteiger partial charge in [0.15, 0.2) is 11.5 Å². The zero-order chi connectivity index (χ0) is 17.4. The van der Waals surface area contributed by atoms with Gasteiger partial charge in [0.05, 0.1) is 5.69 Å². The first-order chi connectivity index (χ1) is 11.6. The van der Waals surface area contributed by atoms with E-state index in [1.165, 1.54) is 43.0 Å². The Bertz CT molecular complexity index is 705. The molecule has 2 rings (SSSR count). The molecule has 1 amide bonds. The van der Waals surface area contributed by atoms with Crippen molar-refractivity contribution in [1.29, 1.82) is 0 Å². The van der Waals surface area contributed by atoms with Gasteiger partial charge in [-0.3, -0.25) is 4.79 Å². The van der Waals surface area contributed by atoms with Crippen molar-refractivity contribution in [2.45, 2.75) is 32.6 Å². The number of hydrogen-bond acceptors (Lipinski definition) is 3. The van der Waals surface area contributed by atoms with Crippen molar-refractivity contribution in [3.8, 4) is 11.5 Å². The van der Waals surface area contributed by atoms with E-state index in [0.717, 1.165) is 12.0 Å². The standard InChI is InChI=1S/C20H23NO3/c1-2-3-4-6-15-9-11-16(12-10-15)13-14-19(23)21-17-7-5-8-18(22)20(17)24/h5,7-14,22,24H,2-4,6H2,1H3,(H,21,23). The molecule has 0 aliphatic rings. The summed E-state index contributed by atoms with van der Waals surface area (Å²) >= 11 is 0. The van der Waals surface area contributed by atoms with E-state index in [2.05, 4.69) is 24.4 Å². The lowest BCUT2D eigenvalue weighted by Crippen LogP contribution is -2.07. The fourth-order valence-electron chi connectivity index (χ4n) is 2.35. The first kappa shape index (κ1) is 17.6. The van der Waals surface area contributed by atoms with Crippen molar-refractivity contribution < 1.29 is 15.0 Å². The zero-order valence-electron chi connectivity index (χ0n) is 13.8. The highest BCUT2D eigenvalue weighted by Crippen LogP contribution is 2.32. The summed E-state index contributed by atoms with van der Waals surface area (Å²) in [6, 6.07) is 12.5. The lowest BCUT2D eigenvalue weighted by molar-refractivity contribution is -0.111. The molecule has 2 aromatic rings. The highest BCUT2D eigenvalue weighted by atomic mass is 16.3. The first-order valence-corrected chi connectivity index (χ1v) is 8.19. The van der Waals surface area contributed by atoms with Gasteiger partial charge in [0.2, 0.25) is 5.91 Å². The summed E-state index contributed by atoms with van der Waals surface area (Å²) in [6.07, 6.45) is 7.84. The number of hydrogen-bond donors (Lipinski definition) is 3. The van der Waals surface area contributed by atoms with Crippen molar-refractivity contribution in [2.75, 3.05) is 5.32 Å². The van der Waals surface area contributed by atoms with Crippen molar-refractivity contribution in [1.82, 2.24) is 0 Å². The number of phenolic OH excluding ortho intramolecular Hbond substituents is 2. The van der Waals surface area contributed by atoms with E-state index in [0.29, 0.717) is 0 Å². The maximum Gasteiger partial charge on any atom is 0.248 e. The third-order valence-electron chi connectivity index (χ3n) is 3.75. The summed E-state index contributed by atoms with van der Waals surface area (Å²) in [5.74, 6) is -0.978. The van der Waals surface area contributed by atoms with Gasteiger partial charge in [-0.25, -0.2) is 0 Å². The van der Waals surface area contributed by atoms with Crippen LogP contribution in [0.25, 0.3) is 6.08 Å². The average Bonchev–Trinajstić information content (AvgIpc) is 2.58. The minimum atomic E-state index is -0.372. The quantitative estimate of drug-likeness (QED) is 0.399. The van der Waals surface area contributed by atoms with Crippen LogP contribution in [0.4, 0.5) is 5.69 Å². The molecule has 0 unspecified atom stereocenters. The van der Waals surface area contributed by atoms with Gasteiger partial charge in [0.25, 0.3) is 0 Å². The maximum atomic E-state index is 11.9. The molecule has 0 heterocycles. The van der Waals surface area contributed by atoms with E-state index in [1.54, 1.807) is 12.1 Å². The van der Waals surface area contributed by atoms with Crippen LogP contribution in [0.1, 0.15) is 37.3 Å². The molecule has 0 spiro atoms. The molecule has 0 saturated heterocycles. The summed E-state index contributed by atoms with van der Waals surface area (Å²) in [7, 11) is 0. The Morgan fingerprint density at radius 1 is 1.08 bits per heavy atom. The van der Waals surface area contributed by atoms with E-state index < -0.39 is 0 Å². The van der Waals surface area contributed by atoms with Crippen molar-refractivity contribution in [3.63, 3.8) is 0 Å². The predicted octanol–water partition coefficient (Wildman–Crippen LogP) is 4.48. The lowest BCUT2D eigenvalue weighted by atomic mass is 10.1. The van der Waals surface area contributed by atoms with Crippen LogP contribution in [0, 0.1) is 0 Å². The van der Waals surface area contributed by atoms with Crippen LogP contribution in [0.2, 0.25) is 0 Å². The average molecular weight is 325 g/mol. The Hall–Kier alpha value is -2.75. The molecule has 24 heavy (non-hydrogen) atoms. The fourth-order valence-corrected chi connectivity index (χ4v) is 2.35. The monoisotopic (exact) mass is 325 g/mol. The molecule has 0 aliphatic heterocycles. The van der Waals surface area contributed by atoms with Gasteiger partial charge in [0.1, 0.15) is 0 Å². The number of phenols is 2. The normalized spacial score (nSPS) is 10.9. The number of unbranched alkanes of at least 4 members (excludes halogenated alkanes) is 2. The van der Waals surface area contributed by atoms with Gasteiger partial charge in [-0.1, -0.05) is 50.1 Å². The van der Waals surface area contributed by atoms with Crippen LogP contribution in [-0.4, -0.2) is 16.1 Å². The molecule has 126 valence electrons. The Morgan fingerprint density at radius 3 is 2.54 bits per heavy atom. The van der Waals surface area contributed by atoms with Crippen molar-refractivity contribution >= 4 is 17.7 Å². The van der Waals surface area contributed by atoms with E-state index in [4.69, 9.17) is 0 Å². The largest absolute Gasteiger partial charge is 0.504 e. The topological polar surface area (TPSA) is 69.6 Å². The number of rotatable bonds is 7. The van der Waals surface area contributed by atoms with Gasteiger partial charge in [-0.2, -0.15) is 0 Å². The smallest absolute Gasteiger partial charge is 0.248 e. The van der Waals surface area contributed by atoms with E-state index in [1.807, 2.05) is 12.1 Å². The molecule has 0 radical (unpaired) electrons. The summed E-state index contributed by atoms with van der Waals surface area (Å²) in [5, 5.41) is 21.6.